The molecule has 4 nitrogen and oxygen atoms in total. The number of halogens is 1. The van der Waals surface area contributed by atoms with Crippen LogP contribution in [0.25, 0.3) is 0 Å². The van der Waals surface area contributed by atoms with Gasteiger partial charge in [-0.2, -0.15) is 0 Å². The number of para-hydroxylation sites is 1. The molecule has 0 aliphatic rings. The first-order valence-electron chi connectivity index (χ1n) is 7.67. The molecule has 0 unspecified atom stereocenters. The van der Waals surface area contributed by atoms with E-state index in [1.807, 2.05) is 25.1 Å². The summed E-state index contributed by atoms with van der Waals surface area (Å²) in [4.78, 5) is 24.5. The molecule has 0 spiro atoms. The zero-order chi connectivity index (χ0) is 16.5. The molecular weight excluding hydrogens is 302 g/mol. The maximum Gasteiger partial charge on any atom is 0.303 e. The molecule has 1 rings (SSSR count). The van der Waals surface area contributed by atoms with Gasteiger partial charge >= 0.3 is 5.97 Å². The lowest BCUT2D eigenvalue weighted by Gasteiger charge is -2.26. The number of rotatable bonds is 9. The Morgan fingerprint density at radius 2 is 1.95 bits per heavy atom. The molecule has 5 heteroatoms. The molecule has 1 N–H and O–H groups in total. The second-order valence-electron chi connectivity index (χ2n) is 5.32. The molecule has 0 atom stereocenters. The van der Waals surface area contributed by atoms with Gasteiger partial charge in [-0.25, -0.2) is 0 Å². The first-order chi connectivity index (χ1) is 10.5. The Morgan fingerprint density at radius 1 is 1.23 bits per heavy atom. The van der Waals surface area contributed by atoms with Gasteiger partial charge in [-0.15, -0.1) is 11.6 Å². The zero-order valence-corrected chi connectivity index (χ0v) is 14.0. The predicted octanol–water partition coefficient (Wildman–Crippen LogP) is 3.77. The summed E-state index contributed by atoms with van der Waals surface area (Å²) in [5.41, 5.74) is 3.14. The van der Waals surface area contributed by atoms with Crippen LogP contribution in [-0.4, -0.2) is 29.4 Å². The molecule has 0 heterocycles. The van der Waals surface area contributed by atoms with Gasteiger partial charge in [0.1, 0.15) is 5.88 Å². The average molecular weight is 326 g/mol. The highest BCUT2D eigenvalue weighted by Crippen LogP contribution is 2.26. The standard InChI is InChI=1S/C17H24ClNO3/c1-3-14-9-7-8-13(2)17(14)19(15(20)12-18)11-6-4-5-10-16(21)22/h7-9H,3-6,10-12H2,1-2H3,(H,21,22). The van der Waals surface area contributed by atoms with Gasteiger partial charge in [0.2, 0.25) is 5.91 Å². The smallest absolute Gasteiger partial charge is 0.303 e. The summed E-state index contributed by atoms with van der Waals surface area (Å²) in [7, 11) is 0. The number of benzene rings is 1. The fourth-order valence-electron chi connectivity index (χ4n) is 2.55. The van der Waals surface area contributed by atoms with Crippen LogP contribution >= 0.6 is 11.6 Å². The molecule has 122 valence electrons. The zero-order valence-electron chi connectivity index (χ0n) is 13.3. The number of carboxylic acids is 1. The van der Waals surface area contributed by atoms with Gasteiger partial charge in [-0.05, 0) is 37.3 Å². The topological polar surface area (TPSA) is 57.6 Å². The Labute approximate surface area is 137 Å². The highest BCUT2D eigenvalue weighted by Gasteiger charge is 2.19. The molecule has 22 heavy (non-hydrogen) atoms. The molecule has 1 aromatic carbocycles. The van der Waals surface area contributed by atoms with E-state index in [1.54, 1.807) is 4.90 Å². The first kappa shape index (κ1) is 18.5. The van der Waals surface area contributed by atoms with Crippen molar-refractivity contribution in [1.29, 1.82) is 0 Å². The number of nitrogens with zero attached hydrogens (tertiary/aromatic N) is 1. The summed E-state index contributed by atoms with van der Waals surface area (Å²) in [6.07, 6.45) is 3.21. The van der Waals surface area contributed by atoms with Crippen molar-refractivity contribution in [3.8, 4) is 0 Å². The number of amides is 1. The maximum absolute atomic E-state index is 12.2. The summed E-state index contributed by atoms with van der Waals surface area (Å²) in [6, 6.07) is 6.02. The summed E-state index contributed by atoms with van der Waals surface area (Å²) in [6.45, 7) is 4.63. The lowest BCUT2D eigenvalue weighted by Crippen LogP contribution is -2.34. The third-order valence-electron chi connectivity index (χ3n) is 3.66. The largest absolute Gasteiger partial charge is 0.481 e. The number of alkyl halides is 1. The third-order valence-corrected chi connectivity index (χ3v) is 3.89. The van der Waals surface area contributed by atoms with Gasteiger partial charge in [0.25, 0.3) is 0 Å². The lowest BCUT2D eigenvalue weighted by atomic mass is 10.0. The van der Waals surface area contributed by atoms with E-state index in [0.717, 1.165) is 36.1 Å². The monoisotopic (exact) mass is 325 g/mol. The van der Waals surface area contributed by atoms with Crippen molar-refractivity contribution >= 4 is 29.2 Å². The van der Waals surface area contributed by atoms with Crippen LogP contribution in [0.3, 0.4) is 0 Å². The maximum atomic E-state index is 12.2. The van der Waals surface area contributed by atoms with Gasteiger partial charge in [0.15, 0.2) is 0 Å². The molecule has 1 amide bonds. The third kappa shape index (κ3) is 5.34. The quantitative estimate of drug-likeness (QED) is 0.555. The number of anilines is 1. The molecule has 0 bridgehead atoms. The number of carbonyl (C=O) groups excluding carboxylic acids is 1. The van der Waals surface area contributed by atoms with Crippen molar-refractivity contribution in [2.45, 2.75) is 46.0 Å². The highest BCUT2D eigenvalue weighted by molar-refractivity contribution is 6.29. The normalized spacial score (nSPS) is 10.5. The number of hydrogen-bond donors (Lipinski definition) is 1. The minimum Gasteiger partial charge on any atom is -0.481 e. The summed E-state index contributed by atoms with van der Waals surface area (Å²) in [5, 5.41) is 8.65. The van der Waals surface area contributed by atoms with Crippen LogP contribution in [0.1, 0.15) is 43.7 Å². The van der Waals surface area contributed by atoms with Crippen LogP contribution < -0.4 is 4.90 Å². The van der Waals surface area contributed by atoms with Gasteiger partial charge < -0.3 is 10.0 Å². The van der Waals surface area contributed by atoms with E-state index in [0.29, 0.717) is 13.0 Å². The Bertz CT molecular complexity index is 517. The lowest BCUT2D eigenvalue weighted by molar-refractivity contribution is -0.137. The molecule has 0 saturated carbocycles. The van der Waals surface area contributed by atoms with Gasteiger partial charge in [0, 0.05) is 18.7 Å². The fourth-order valence-corrected chi connectivity index (χ4v) is 2.69. The van der Waals surface area contributed by atoms with Crippen LogP contribution in [0, 0.1) is 6.92 Å². The number of aryl methyl sites for hydroxylation is 2. The van der Waals surface area contributed by atoms with Gasteiger partial charge in [-0.1, -0.05) is 31.5 Å². The SMILES string of the molecule is CCc1cccc(C)c1N(CCCCCC(=O)O)C(=O)CCl. The van der Waals surface area contributed by atoms with Crippen molar-refractivity contribution in [2.75, 3.05) is 17.3 Å². The Balaban J connectivity index is 2.81. The van der Waals surface area contributed by atoms with Crippen LogP contribution in [0.2, 0.25) is 0 Å². The number of aliphatic carboxylic acids is 1. The van der Waals surface area contributed by atoms with E-state index >= 15 is 0 Å². The van der Waals surface area contributed by atoms with Crippen molar-refractivity contribution in [1.82, 2.24) is 0 Å². The summed E-state index contributed by atoms with van der Waals surface area (Å²) in [5.74, 6) is -0.933. The number of carbonyl (C=O) groups is 2. The van der Waals surface area contributed by atoms with Crippen LogP contribution in [0.5, 0.6) is 0 Å². The molecule has 1 aromatic rings. The van der Waals surface area contributed by atoms with E-state index in [4.69, 9.17) is 16.7 Å². The molecule has 0 saturated heterocycles. The van der Waals surface area contributed by atoms with Crippen LogP contribution in [0.4, 0.5) is 5.69 Å². The number of hydrogen-bond acceptors (Lipinski definition) is 2. The molecular formula is C17H24ClNO3. The van der Waals surface area contributed by atoms with Gasteiger partial charge in [-0.3, -0.25) is 9.59 Å². The van der Waals surface area contributed by atoms with E-state index < -0.39 is 5.97 Å². The molecule has 0 aliphatic carbocycles. The van der Waals surface area contributed by atoms with Crippen molar-refractivity contribution in [3.05, 3.63) is 29.3 Å². The Kier molecular flexibility index (Phi) is 7.96. The minimum atomic E-state index is -0.777. The second kappa shape index (κ2) is 9.46. The molecule has 0 fully saturated rings. The molecule has 0 aromatic heterocycles. The number of unbranched alkanes of at least 4 members (excludes halogenated alkanes) is 2. The van der Waals surface area contributed by atoms with Crippen LogP contribution in [-0.2, 0) is 16.0 Å². The fraction of sp³-hybridized carbons (Fsp3) is 0.529. The van der Waals surface area contributed by atoms with Crippen molar-refractivity contribution < 1.29 is 14.7 Å². The highest BCUT2D eigenvalue weighted by atomic mass is 35.5. The molecule has 0 radical (unpaired) electrons. The number of carboxylic acid groups (broad SMARTS) is 1. The van der Waals surface area contributed by atoms with Crippen molar-refractivity contribution in [3.63, 3.8) is 0 Å². The Morgan fingerprint density at radius 3 is 2.55 bits per heavy atom. The second-order valence-corrected chi connectivity index (χ2v) is 5.59. The molecule has 0 aliphatic heterocycles. The van der Waals surface area contributed by atoms with Crippen LogP contribution in [0.15, 0.2) is 18.2 Å². The van der Waals surface area contributed by atoms with E-state index in [-0.39, 0.29) is 18.2 Å². The van der Waals surface area contributed by atoms with Crippen molar-refractivity contribution in [2.24, 2.45) is 0 Å². The summed E-state index contributed by atoms with van der Waals surface area (Å²) >= 11 is 5.76. The summed E-state index contributed by atoms with van der Waals surface area (Å²) < 4.78 is 0. The van der Waals surface area contributed by atoms with E-state index in [9.17, 15) is 9.59 Å². The van der Waals surface area contributed by atoms with Gasteiger partial charge in [0.05, 0.1) is 0 Å². The predicted molar refractivity (Wildman–Crippen MR) is 89.7 cm³/mol. The van der Waals surface area contributed by atoms with E-state index in [2.05, 4.69) is 6.92 Å². The van der Waals surface area contributed by atoms with E-state index in [1.165, 1.54) is 0 Å². The average Bonchev–Trinajstić information content (AvgIpc) is 2.50. The first-order valence-corrected chi connectivity index (χ1v) is 8.21. The Hall–Kier alpha value is -1.55. The minimum absolute atomic E-state index is 0.0490.